The maximum atomic E-state index is 12.5. The van der Waals surface area contributed by atoms with Crippen LogP contribution in [0.5, 0.6) is 5.75 Å². The Kier molecular flexibility index (Phi) is 4.67. The fourth-order valence-corrected chi connectivity index (χ4v) is 1.98. The molecule has 1 heterocycles. The number of para-hydroxylation sites is 1. The van der Waals surface area contributed by atoms with Gasteiger partial charge in [0.15, 0.2) is 6.29 Å². The molecule has 0 bridgehead atoms. The number of carbonyl (C=O) groups excluding carboxylic acids is 1. The summed E-state index contributed by atoms with van der Waals surface area (Å²) in [6.07, 6.45) is 3.13. The van der Waals surface area contributed by atoms with Crippen LogP contribution in [0.25, 0.3) is 11.3 Å². The average Bonchev–Trinajstić information content (AvgIpc) is 2.90. The molecular weight excluding hydrogens is 278 g/mol. The van der Waals surface area contributed by atoms with Gasteiger partial charge in [0, 0.05) is 17.8 Å². The van der Waals surface area contributed by atoms with E-state index in [-0.39, 0.29) is 11.8 Å². The second-order valence-corrected chi connectivity index (χ2v) is 4.66. The SMILES string of the molecule is CCC(C)n1cc(C=O)c(-c2ccccc2OC(F)F)n1. The first-order valence-electron chi connectivity index (χ1n) is 6.65. The van der Waals surface area contributed by atoms with Gasteiger partial charge in [-0.2, -0.15) is 13.9 Å². The standard InChI is InChI=1S/C15H16F2N2O2/c1-3-10(2)19-8-11(9-20)14(18-19)12-6-4-5-7-13(12)21-15(16)17/h4-10,15H,3H2,1-2H3. The molecular formula is C15H16F2N2O2. The van der Waals surface area contributed by atoms with E-state index < -0.39 is 6.61 Å². The molecule has 0 aliphatic carbocycles. The van der Waals surface area contributed by atoms with Gasteiger partial charge in [0.05, 0.1) is 5.56 Å². The Morgan fingerprint density at radius 1 is 1.38 bits per heavy atom. The predicted molar refractivity (Wildman–Crippen MR) is 74.7 cm³/mol. The van der Waals surface area contributed by atoms with Crippen molar-refractivity contribution in [2.24, 2.45) is 0 Å². The third-order valence-corrected chi connectivity index (χ3v) is 3.29. The number of hydrogen-bond donors (Lipinski definition) is 0. The maximum Gasteiger partial charge on any atom is 0.387 e. The van der Waals surface area contributed by atoms with Crippen LogP contribution in [0.15, 0.2) is 30.5 Å². The fraction of sp³-hybridized carbons (Fsp3) is 0.333. The fourth-order valence-electron chi connectivity index (χ4n) is 1.98. The molecule has 0 aliphatic rings. The maximum absolute atomic E-state index is 12.5. The number of carbonyl (C=O) groups is 1. The number of nitrogens with zero attached hydrogens (tertiary/aromatic N) is 2. The molecule has 1 aromatic carbocycles. The Labute approximate surface area is 121 Å². The Bertz CT molecular complexity index is 626. The zero-order valence-electron chi connectivity index (χ0n) is 11.8. The number of halogens is 2. The highest BCUT2D eigenvalue weighted by Crippen LogP contribution is 2.32. The number of alkyl halides is 2. The molecule has 4 nitrogen and oxygen atoms in total. The van der Waals surface area contributed by atoms with Crippen LogP contribution < -0.4 is 4.74 Å². The van der Waals surface area contributed by atoms with Gasteiger partial charge >= 0.3 is 6.61 Å². The van der Waals surface area contributed by atoms with Gasteiger partial charge in [-0.1, -0.05) is 19.1 Å². The molecule has 2 aromatic rings. The first-order valence-corrected chi connectivity index (χ1v) is 6.65. The second-order valence-electron chi connectivity index (χ2n) is 4.66. The molecule has 0 aliphatic heterocycles. The molecule has 0 saturated carbocycles. The lowest BCUT2D eigenvalue weighted by Gasteiger charge is -2.10. The molecule has 1 atom stereocenters. The lowest BCUT2D eigenvalue weighted by atomic mass is 10.1. The Morgan fingerprint density at radius 2 is 2.10 bits per heavy atom. The summed E-state index contributed by atoms with van der Waals surface area (Å²) < 4.78 is 31.1. The number of ether oxygens (including phenoxy) is 1. The van der Waals surface area contributed by atoms with Crippen molar-refractivity contribution in [1.82, 2.24) is 9.78 Å². The van der Waals surface area contributed by atoms with Crippen molar-refractivity contribution in [3.05, 3.63) is 36.0 Å². The van der Waals surface area contributed by atoms with Crippen LogP contribution in [0, 0.1) is 0 Å². The summed E-state index contributed by atoms with van der Waals surface area (Å²) in [7, 11) is 0. The average molecular weight is 294 g/mol. The van der Waals surface area contributed by atoms with E-state index >= 15 is 0 Å². The van der Waals surface area contributed by atoms with E-state index in [0.717, 1.165) is 6.42 Å². The van der Waals surface area contributed by atoms with Gasteiger partial charge in [-0.25, -0.2) is 0 Å². The van der Waals surface area contributed by atoms with E-state index in [9.17, 15) is 13.6 Å². The molecule has 6 heteroatoms. The van der Waals surface area contributed by atoms with Crippen LogP contribution in [-0.2, 0) is 0 Å². The molecule has 0 spiro atoms. The molecule has 112 valence electrons. The first-order chi connectivity index (χ1) is 10.1. The number of benzene rings is 1. The van der Waals surface area contributed by atoms with E-state index in [4.69, 9.17) is 0 Å². The Morgan fingerprint density at radius 3 is 2.71 bits per heavy atom. The van der Waals surface area contributed by atoms with Gasteiger partial charge < -0.3 is 4.74 Å². The molecule has 0 fully saturated rings. The number of hydrogen-bond acceptors (Lipinski definition) is 3. The van der Waals surface area contributed by atoms with Crippen molar-refractivity contribution in [1.29, 1.82) is 0 Å². The number of aromatic nitrogens is 2. The van der Waals surface area contributed by atoms with Crippen molar-refractivity contribution in [3.8, 4) is 17.0 Å². The van der Waals surface area contributed by atoms with Crippen molar-refractivity contribution in [2.45, 2.75) is 32.9 Å². The van der Waals surface area contributed by atoms with Crippen LogP contribution in [0.2, 0.25) is 0 Å². The minimum absolute atomic E-state index is 0.00463. The van der Waals surface area contributed by atoms with Gasteiger partial charge in [-0.05, 0) is 25.5 Å². The highest BCUT2D eigenvalue weighted by molar-refractivity contribution is 5.87. The van der Waals surface area contributed by atoms with Gasteiger partial charge in [0.1, 0.15) is 11.4 Å². The topological polar surface area (TPSA) is 44.1 Å². The van der Waals surface area contributed by atoms with E-state index in [1.807, 2.05) is 13.8 Å². The highest BCUT2D eigenvalue weighted by atomic mass is 19.3. The van der Waals surface area contributed by atoms with E-state index in [2.05, 4.69) is 9.84 Å². The molecule has 0 saturated heterocycles. The summed E-state index contributed by atoms with van der Waals surface area (Å²) in [5, 5.41) is 4.35. The summed E-state index contributed by atoms with van der Waals surface area (Å²) in [4.78, 5) is 11.2. The largest absolute Gasteiger partial charge is 0.434 e. The third-order valence-electron chi connectivity index (χ3n) is 3.29. The number of aldehydes is 1. The van der Waals surface area contributed by atoms with Crippen molar-refractivity contribution < 1.29 is 18.3 Å². The van der Waals surface area contributed by atoms with Crippen LogP contribution in [0.1, 0.15) is 36.7 Å². The molecule has 1 unspecified atom stereocenters. The normalized spacial score (nSPS) is 12.4. The molecule has 1 aromatic heterocycles. The zero-order valence-corrected chi connectivity index (χ0v) is 11.8. The predicted octanol–water partition coefficient (Wildman–Crippen LogP) is 3.94. The highest BCUT2D eigenvalue weighted by Gasteiger charge is 2.18. The number of rotatable bonds is 6. The van der Waals surface area contributed by atoms with Crippen molar-refractivity contribution in [3.63, 3.8) is 0 Å². The summed E-state index contributed by atoms with van der Waals surface area (Å²) in [6.45, 7) is 1.04. The molecule has 21 heavy (non-hydrogen) atoms. The lowest BCUT2D eigenvalue weighted by molar-refractivity contribution is -0.0494. The Balaban J connectivity index is 2.51. The Hall–Kier alpha value is -2.24. The van der Waals surface area contributed by atoms with E-state index in [1.165, 1.54) is 6.07 Å². The first kappa shape index (κ1) is 15.2. The zero-order chi connectivity index (χ0) is 15.4. The van der Waals surface area contributed by atoms with Crippen LogP contribution in [0.3, 0.4) is 0 Å². The van der Waals surface area contributed by atoms with E-state index in [0.29, 0.717) is 23.1 Å². The molecule has 0 N–H and O–H groups in total. The van der Waals surface area contributed by atoms with Gasteiger partial charge in [0.2, 0.25) is 0 Å². The summed E-state index contributed by atoms with van der Waals surface area (Å²) >= 11 is 0. The molecule has 0 radical (unpaired) electrons. The van der Waals surface area contributed by atoms with Gasteiger partial charge in [0.25, 0.3) is 0 Å². The third kappa shape index (κ3) is 3.26. The van der Waals surface area contributed by atoms with Crippen molar-refractivity contribution in [2.75, 3.05) is 0 Å². The summed E-state index contributed by atoms with van der Waals surface area (Å²) in [6, 6.07) is 6.42. The quantitative estimate of drug-likeness (QED) is 0.758. The minimum Gasteiger partial charge on any atom is -0.434 e. The summed E-state index contributed by atoms with van der Waals surface area (Å²) in [5.41, 5.74) is 1.07. The lowest BCUT2D eigenvalue weighted by Crippen LogP contribution is -2.05. The smallest absolute Gasteiger partial charge is 0.387 e. The van der Waals surface area contributed by atoms with Crippen LogP contribution in [-0.4, -0.2) is 22.7 Å². The monoisotopic (exact) mass is 294 g/mol. The second kappa shape index (κ2) is 6.47. The van der Waals surface area contributed by atoms with Crippen LogP contribution >= 0.6 is 0 Å². The van der Waals surface area contributed by atoms with Crippen molar-refractivity contribution >= 4 is 6.29 Å². The summed E-state index contributed by atoms with van der Waals surface area (Å²) in [5.74, 6) is 0.00463. The minimum atomic E-state index is -2.93. The van der Waals surface area contributed by atoms with E-state index in [1.54, 1.807) is 29.1 Å². The molecule has 2 rings (SSSR count). The molecule has 0 amide bonds. The van der Waals surface area contributed by atoms with Crippen LogP contribution in [0.4, 0.5) is 8.78 Å². The van der Waals surface area contributed by atoms with Gasteiger partial charge in [-0.3, -0.25) is 9.48 Å². The van der Waals surface area contributed by atoms with Gasteiger partial charge in [-0.15, -0.1) is 0 Å².